The first kappa shape index (κ1) is 16.1. The number of nitrogens with zero attached hydrogens (tertiary/aromatic N) is 1. The van der Waals surface area contributed by atoms with Gasteiger partial charge in [0.1, 0.15) is 0 Å². The van der Waals surface area contributed by atoms with Gasteiger partial charge in [-0.25, -0.2) is 0 Å². The van der Waals surface area contributed by atoms with Gasteiger partial charge >= 0.3 is 0 Å². The van der Waals surface area contributed by atoms with Crippen molar-refractivity contribution in [3.63, 3.8) is 0 Å². The Labute approximate surface area is 145 Å². The molecule has 3 rings (SSSR count). The largest absolute Gasteiger partial charge is 0.454 e. The molecule has 0 saturated heterocycles. The number of hydrogen-bond donors (Lipinski definition) is 2. The highest BCUT2D eigenvalue weighted by atomic mass is 32.1. The van der Waals surface area contributed by atoms with Crippen LogP contribution in [-0.4, -0.2) is 24.9 Å². The van der Waals surface area contributed by atoms with E-state index in [4.69, 9.17) is 21.7 Å². The summed E-state index contributed by atoms with van der Waals surface area (Å²) in [5.41, 5.74) is 2.46. The fourth-order valence-corrected chi connectivity index (χ4v) is 2.45. The van der Waals surface area contributed by atoms with Crippen LogP contribution in [0.3, 0.4) is 0 Å². The highest BCUT2D eigenvalue weighted by Crippen LogP contribution is 2.34. The lowest BCUT2D eigenvalue weighted by molar-refractivity contribution is -0.116. The second-order valence-electron chi connectivity index (χ2n) is 5.27. The van der Waals surface area contributed by atoms with Crippen LogP contribution in [0.25, 0.3) is 0 Å². The maximum atomic E-state index is 11.4. The predicted molar refractivity (Wildman–Crippen MR) is 97.9 cm³/mol. The molecule has 0 fully saturated rings. The highest BCUT2D eigenvalue weighted by Gasteiger charge is 2.13. The summed E-state index contributed by atoms with van der Waals surface area (Å²) in [4.78, 5) is 12.9. The van der Waals surface area contributed by atoms with Gasteiger partial charge in [-0.3, -0.25) is 4.79 Å². The zero-order valence-electron chi connectivity index (χ0n) is 13.3. The van der Waals surface area contributed by atoms with Crippen molar-refractivity contribution in [2.24, 2.45) is 0 Å². The molecule has 0 atom stereocenters. The molecular formula is C17H17N3O3S. The third-order valence-corrected chi connectivity index (χ3v) is 3.82. The van der Waals surface area contributed by atoms with Crippen molar-refractivity contribution in [1.29, 1.82) is 0 Å². The summed E-state index contributed by atoms with van der Waals surface area (Å²) >= 11 is 5.31. The average molecular weight is 343 g/mol. The van der Waals surface area contributed by atoms with Crippen LogP contribution < -0.4 is 25.0 Å². The van der Waals surface area contributed by atoms with Gasteiger partial charge in [0.25, 0.3) is 0 Å². The fourth-order valence-electron chi connectivity index (χ4n) is 2.22. The Morgan fingerprint density at radius 2 is 1.67 bits per heavy atom. The molecule has 1 aliphatic heterocycles. The lowest BCUT2D eigenvalue weighted by Crippen LogP contribution is -2.23. The van der Waals surface area contributed by atoms with Crippen molar-refractivity contribution >= 4 is 40.3 Å². The third kappa shape index (κ3) is 3.57. The first-order valence-electron chi connectivity index (χ1n) is 7.35. The zero-order chi connectivity index (χ0) is 17.1. The van der Waals surface area contributed by atoms with Crippen molar-refractivity contribution in [2.45, 2.75) is 6.92 Å². The smallest absolute Gasteiger partial charge is 0.231 e. The Morgan fingerprint density at radius 1 is 1.04 bits per heavy atom. The maximum Gasteiger partial charge on any atom is 0.231 e. The third-order valence-electron chi connectivity index (χ3n) is 3.62. The summed E-state index contributed by atoms with van der Waals surface area (Å²) in [7, 11) is 1.73. The van der Waals surface area contributed by atoms with Gasteiger partial charge in [-0.15, -0.1) is 0 Å². The van der Waals surface area contributed by atoms with E-state index in [-0.39, 0.29) is 12.7 Å². The Morgan fingerprint density at radius 3 is 2.38 bits per heavy atom. The van der Waals surface area contributed by atoms with E-state index >= 15 is 0 Å². The van der Waals surface area contributed by atoms with E-state index in [9.17, 15) is 4.79 Å². The van der Waals surface area contributed by atoms with Crippen LogP contribution in [0.15, 0.2) is 42.5 Å². The van der Waals surface area contributed by atoms with Gasteiger partial charge in [-0.1, -0.05) is 0 Å². The van der Waals surface area contributed by atoms with Crippen LogP contribution in [-0.2, 0) is 4.79 Å². The molecule has 0 radical (unpaired) electrons. The number of carbonyl (C=O) groups is 1. The van der Waals surface area contributed by atoms with Crippen LogP contribution in [0, 0.1) is 0 Å². The second-order valence-corrected chi connectivity index (χ2v) is 5.68. The number of benzene rings is 2. The monoisotopic (exact) mass is 343 g/mol. The standard InChI is InChI=1S/C17H17N3O3S/c1-11(21)20(2)14-6-3-12(4-7-14)18-17(24)19-13-5-8-15-16(9-13)23-10-22-15/h3-9H,10H2,1-2H3,(H2,18,19,24). The topological polar surface area (TPSA) is 62.8 Å². The molecule has 0 aliphatic carbocycles. The summed E-state index contributed by atoms with van der Waals surface area (Å²) in [6.45, 7) is 1.76. The van der Waals surface area contributed by atoms with Gasteiger partial charge in [0.15, 0.2) is 16.6 Å². The van der Waals surface area contributed by atoms with Crippen molar-refractivity contribution < 1.29 is 14.3 Å². The molecule has 7 heteroatoms. The molecule has 0 spiro atoms. The fraction of sp³-hybridized carbons (Fsp3) is 0.176. The zero-order valence-corrected chi connectivity index (χ0v) is 14.1. The molecule has 0 aromatic heterocycles. The van der Waals surface area contributed by atoms with E-state index in [0.717, 1.165) is 22.8 Å². The van der Waals surface area contributed by atoms with Crippen LogP contribution >= 0.6 is 12.2 Å². The molecule has 2 N–H and O–H groups in total. The van der Waals surface area contributed by atoms with Crippen molar-refractivity contribution in [1.82, 2.24) is 0 Å². The van der Waals surface area contributed by atoms with Crippen molar-refractivity contribution in [3.8, 4) is 11.5 Å². The molecule has 2 aromatic carbocycles. The number of rotatable bonds is 3. The Bertz CT molecular complexity index is 777. The molecule has 1 heterocycles. The number of anilines is 3. The summed E-state index contributed by atoms with van der Waals surface area (Å²) in [6, 6.07) is 13.0. The Balaban J connectivity index is 1.61. The molecule has 1 amide bonds. The average Bonchev–Trinajstić information content (AvgIpc) is 3.02. The molecule has 6 nitrogen and oxygen atoms in total. The van der Waals surface area contributed by atoms with E-state index in [2.05, 4.69) is 10.6 Å². The van der Waals surface area contributed by atoms with Gasteiger partial charge in [0, 0.05) is 37.1 Å². The second kappa shape index (κ2) is 6.76. The van der Waals surface area contributed by atoms with E-state index in [1.54, 1.807) is 11.9 Å². The molecule has 2 aromatic rings. The normalized spacial score (nSPS) is 11.8. The lowest BCUT2D eigenvalue weighted by atomic mass is 10.2. The van der Waals surface area contributed by atoms with Crippen LogP contribution in [0.1, 0.15) is 6.92 Å². The van der Waals surface area contributed by atoms with E-state index in [1.807, 2.05) is 42.5 Å². The van der Waals surface area contributed by atoms with Crippen molar-refractivity contribution in [2.75, 3.05) is 29.4 Å². The number of amides is 1. The number of nitrogens with one attached hydrogen (secondary N) is 2. The molecule has 1 aliphatic rings. The molecule has 124 valence electrons. The quantitative estimate of drug-likeness (QED) is 0.835. The number of fused-ring (bicyclic) bond motifs is 1. The number of hydrogen-bond acceptors (Lipinski definition) is 4. The molecule has 0 unspecified atom stereocenters. The van der Waals surface area contributed by atoms with E-state index in [1.165, 1.54) is 6.92 Å². The number of carbonyl (C=O) groups excluding carboxylic acids is 1. The number of ether oxygens (including phenoxy) is 2. The van der Waals surface area contributed by atoms with E-state index in [0.29, 0.717) is 10.9 Å². The van der Waals surface area contributed by atoms with Gasteiger partial charge in [-0.2, -0.15) is 0 Å². The SMILES string of the molecule is CC(=O)N(C)c1ccc(NC(=S)Nc2ccc3c(c2)OCO3)cc1. The summed E-state index contributed by atoms with van der Waals surface area (Å²) in [5.74, 6) is 1.40. The molecular weight excluding hydrogens is 326 g/mol. The Hall–Kier alpha value is -2.80. The summed E-state index contributed by atoms with van der Waals surface area (Å²) in [5, 5.41) is 6.65. The van der Waals surface area contributed by atoms with Crippen LogP contribution in [0.4, 0.5) is 17.1 Å². The number of thiocarbonyl (C=S) groups is 1. The maximum absolute atomic E-state index is 11.4. The van der Waals surface area contributed by atoms with Gasteiger partial charge in [-0.05, 0) is 48.6 Å². The minimum Gasteiger partial charge on any atom is -0.454 e. The highest BCUT2D eigenvalue weighted by molar-refractivity contribution is 7.80. The van der Waals surface area contributed by atoms with Gasteiger partial charge in [0.05, 0.1) is 0 Å². The van der Waals surface area contributed by atoms with Crippen LogP contribution in [0.5, 0.6) is 11.5 Å². The molecule has 0 bridgehead atoms. The molecule has 0 saturated carbocycles. The first-order chi connectivity index (χ1) is 11.5. The van der Waals surface area contributed by atoms with E-state index < -0.39 is 0 Å². The minimum atomic E-state index is -0.0179. The van der Waals surface area contributed by atoms with Crippen molar-refractivity contribution in [3.05, 3.63) is 42.5 Å². The van der Waals surface area contributed by atoms with Gasteiger partial charge < -0.3 is 25.0 Å². The summed E-state index contributed by atoms with van der Waals surface area (Å²) < 4.78 is 10.6. The lowest BCUT2D eigenvalue weighted by Gasteiger charge is -2.16. The minimum absolute atomic E-state index is 0.0179. The van der Waals surface area contributed by atoms with Gasteiger partial charge in [0.2, 0.25) is 12.7 Å². The van der Waals surface area contributed by atoms with Crippen LogP contribution in [0.2, 0.25) is 0 Å². The molecule has 24 heavy (non-hydrogen) atoms. The Kier molecular flexibility index (Phi) is 4.52. The predicted octanol–water partition coefficient (Wildman–Crippen LogP) is 3.21. The first-order valence-corrected chi connectivity index (χ1v) is 7.76. The summed E-state index contributed by atoms with van der Waals surface area (Å²) in [6.07, 6.45) is 0.